The molecule has 1 N–H and O–H groups in total. The van der Waals surface area contributed by atoms with Gasteiger partial charge in [0.2, 0.25) is 0 Å². The highest BCUT2D eigenvalue weighted by Crippen LogP contribution is 2.34. The molecule has 2 aromatic heterocycles. The number of hydrogen-bond acceptors (Lipinski definition) is 5. The van der Waals surface area contributed by atoms with Crippen LogP contribution < -0.4 is 0 Å². The Kier molecular flexibility index (Phi) is 4.37. The number of likely N-dealkylation sites (tertiary alicyclic amines) is 1. The molecule has 1 saturated heterocycles. The Morgan fingerprint density at radius 2 is 2.33 bits per heavy atom. The molecular formula is C15H22N4OS. The topological polar surface area (TPSA) is 54.2 Å². The summed E-state index contributed by atoms with van der Waals surface area (Å²) in [5.41, 5.74) is 1.31. The largest absolute Gasteiger partial charge is 0.391 e. The van der Waals surface area contributed by atoms with Gasteiger partial charge in [-0.05, 0) is 43.8 Å². The molecule has 1 aliphatic rings. The maximum absolute atomic E-state index is 10.5. The van der Waals surface area contributed by atoms with Crippen LogP contribution in [0.3, 0.4) is 0 Å². The zero-order valence-electron chi connectivity index (χ0n) is 12.6. The fourth-order valence-corrected chi connectivity index (χ4v) is 4.21. The van der Waals surface area contributed by atoms with Crippen molar-refractivity contribution in [2.45, 2.75) is 45.4 Å². The molecule has 0 amide bonds. The number of piperidine rings is 1. The lowest BCUT2D eigenvalue weighted by atomic mass is 9.90. The van der Waals surface area contributed by atoms with Crippen molar-refractivity contribution < 1.29 is 5.11 Å². The molecule has 5 nitrogen and oxygen atoms in total. The van der Waals surface area contributed by atoms with E-state index in [2.05, 4.69) is 40.3 Å². The maximum atomic E-state index is 10.5. The molecule has 21 heavy (non-hydrogen) atoms. The van der Waals surface area contributed by atoms with Gasteiger partial charge in [0.25, 0.3) is 0 Å². The van der Waals surface area contributed by atoms with Gasteiger partial charge >= 0.3 is 0 Å². The third-order valence-electron chi connectivity index (χ3n) is 4.26. The smallest absolute Gasteiger partial charge is 0.140 e. The SMILES string of the molecule is CCn1ncnc1CN1CC[C@@H](c2sccc2C)[C@H](O)C1. The van der Waals surface area contributed by atoms with Crippen LogP contribution in [0.5, 0.6) is 0 Å². The lowest BCUT2D eigenvalue weighted by Crippen LogP contribution is -2.42. The fraction of sp³-hybridized carbons (Fsp3) is 0.600. The van der Waals surface area contributed by atoms with Crippen molar-refractivity contribution >= 4 is 11.3 Å². The van der Waals surface area contributed by atoms with E-state index in [1.165, 1.54) is 10.4 Å². The Hall–Kier alpha value is -1.24. The molecule has 1 fully saturated rings. The molecule has 1 aliphatic heterocycles. The van der Waals surface area contributed by atoms with E-state index in [0.29, 0.717) is 6.54 Å². The first-order valence-corrected chi connectivity index (χ1v) is 8.38. The van der Waals surface area contributed by atoms with Crippen LogP contribution in [0, 0.1) is 6.92 Å². The first-order valence-electron chi connectivity index (χ1n) is 7.50. The second kappa shape index (κ2) is 6.25. The van der Waals surface area contributed by atoms with Crippen LogP contribution in [0.25, 0.3) is 0 Å². The van der Waals surface area contributed by atoms with Crippen molar-refractivity contribution in [3.63, 3.8) is 0 Å². The van der Waals surface area contributed by atoms with E-state index in [1.54, 1.807) is 17.7 Å². The van der Waals surface area contributed by atoms with Gasteiger partial charge in [0.15, 0.2) is 0 Å². The summed E-state index contributed by atoms with van der Waals surface area (Å²) in [7, 11) is 0. The van der Waals surface area contributed by atoms with Gasteiger partial charge in [-0.25, -0.2) is 9.67 Å². The van der Waals surface area contributed by atoms with Gasteiger partial charge in [0.1, 0.15) is 12.2 Å². The summed E-state index contributed by atoms with van der Waals surface area (Å²) in [6, 6.07) is 2.14. The third kappa shape index (κ3) is 3.02. The molecule has 3 rings (SSSR count). The summed E-state index contributed by atoms with van der Waals surface area (Å²) in [5.74, 6) is 1.26. The molecule has 6 heteroatoms. The minimum Gasteiger partial charge on any atom is -0.391 e. The second-order valence-electron chi connectivity index (χ2n) is 5.66. The van der Waals surface area contributed by atoms with E-state index in [9.17, 15) is 5.11 Å². The monoisotopic (exact) mass is 306 g/mol. The van der Waals surface area contributed by atoms with Gasteiger partial charge in [0, 0.05) is 23.9 Å². The van der Waals surface area contributed by atoms with Crippen LogP contribution in [0.2, 0.25) is 0 Å². The zero-order chi connectivity index (χ0) is 14.8. The standard InChI is InChI=1S/C15H22N4OS/c1-3-19-14(16-10-17-19)9-18-6-4-12(13(20)8-18)15-11(2)5-7-21-15/h5,7,10,12-13,20H,3-4,6,8-9H2,1-2H3/t12-,13-/m1/s1. The summed E-state index contributed by atoms with van der Waals surface area (Å²) in [6.07, 6.45) is 2.31. The molecule has 0 spiro atoms. The number of aromatic nitrogens is 3. The molecule has 0 aromatic carbocycles. The molecular weight excluding hydrogens is 284 g/mol. The molecule has 0 radical (unpaired) electrons. The summed E-state index contributed by atoms with van der Waals surface area (Å²) < 4.78 is 1.92. The van der Waals surface area contributed by atoms with E-state index in [-0.39, 0.29) is 12.0 Å². The van der Waals surface area contributed by atoms with Crippen LogP contribution in [0.1, 0.15) is 35.5 Å². The predicted octanol–water partition coefficient (Wildman–Crippen LogP) is 2.02. The van der Waals surface area contributed by atoms with Crippen molar-refractivity contribution in [2.75, 3.05) is 13.1 Å². The normalized spacial score (nSPS) is 23.6. The van der Waals surface area contributed by atoms with Crippen LogP contribution in [-0.2, 0) is 13.1 Å². The lowest BCUT2D eigenvalue weighted by molar-refractivity contribution is 0.0467. The van der Waals surface area contributed by atoms with E-state index < -0.39 is 0 Å². The summed E-state index contributed by atoms with van der Waals surface area (Å²) in [5, 5.41) is 16.8. The first kappa shape index (κ1) is 14.7. The first-order chi connectivity index (χ1) is 10.2. The van der Waals surface area contributed by atoms with Crippen LogP contribution in [0.4, 0.5) is 0 Å². The van der Waals surface area contributed by atoms with Crippen LogP contribution >= 0.6 is 11.3 Å². The number of rotatable bonds is 4. The number of aliphatic hydroxyl groups is 1. The Balaban J connectivity index is 1.64. The lowest BCUT2D eigenvalue weighted by Gasteiger charge is -2.35. The van der Waals surface area contributed by atoms with E-state index in [0.717, 1.165) is 31.9 Å². The number of β-amino-alcohol motifs (C(OH)–C–C–N with tert-alkyl or cyclic N) is 1. The van der Waals surface area contributed by atoms with E-state index in [1.807, 2.05) is 4.68 Å². The molecule has 114 valence electrons. The predicted molar refractivity (Wildman–Crippen MR) is 83.4 cm³/mol. The van der Waals surface area contributed by atoms with Gasteiger partial charge in [-0.2, -0.15) is 5.10 Å². The number of aliphatic hydroxyl groups excluding tert-OH is 1. The van der Waals surface area contributed by atoms with Gasteiger partial charge in [0.05, 0.1) is 12.6 Å². The molecule has 0 saturated carbocycles. The Bertz CT molecular complexity index is 594. The number of nitrogens with zero attached hydrogens (tertiary/aromatic N) is 4. The molecule has 3 heterocycles. The molecule has 2 aromatic rings. The Morgan fingerprint density at radius 1 is 1.48 bits per heavy atom. The highest BCUT2D eigenvalue weighted by Gasteiger charge is 2.30. The second-order valence-corrected chi connectivity index (χ2v) is 6.61. The highest BCUT2D eigenvalue weighted by atomic mass is 32.1. The van der Waals surface area contributed by atoms with Gasteiger partial charge in [-0.1, -0.05) is 0 Å². The van der Waals surface area contributed by atoms with Crippen molar-refractivity contribution in [3.8, 4) is 0 Å². The number of aryl methyl sites for hydroxylation is 2. The summed E-state index contributed by atoms with van der Waals surface area (Å²) in [6.45, 7) is 7.51. The van der Waals surface area contributed by atoms with Crippen LogP contribution in [0.15, 0.2) is 17.8 Å². The Labute approximate surface area is 129 Å². The highest BCUT2D eigenvalue weighted by molar-refractivity contribution is 7.10. The number of hydrogen-bond donors (Lipinski definition) is 1. The fourth-order valence-electron chi connectivity index (χ4n) is 3.09. The van der Waals surface area contributed by atoms with Gasteiger partial charge in [-0.3, -0.25) is 4.90 Å². The van der Waals surface area contributed by atoms with Gasteiger partial charge in [-0.15, -0.1) is 11.3 Å². The van der Waals surface area contributed by atoms with Crippen molar-refractivity contribution in [1.82, 2.24) is 19.7 Å². The minimum atomic E-state index is -0.297. The molecule has 2 atom stereocenters. The van der Waals surface area contributed by atoms with Crippen molar-refractivity contribution in [1.29, 1.82) is 0 Å². The zero-order valence-corrected chi connectivity index (χ0v) is 13.4. The van der Waals surface area contributed by atoms with Crippen molar-refractivity contribution in [2.24, 2.45) is 0 Å². The summed E-state index contributed by atoms with van der Waals surface area (Å²) >= 11 is 1.77. The summed E-state index contributed by atoms with van der Waals surface area (Å²) in [4.78, 5) is 7.94. The molecule has 0 aliphatic carbocycles. The minimum absolute atomic E-state index is 0.283. The molecule has 0 unspecified atom stereocenters. The molecule has 0 bridgehead atoms. The number of thiophene rings is 1. The van der Waals surface area contributed by atoms with E-state index >= 15 is 0 Å². The van der Waals surface area contributed by atoms with E-state index in [4.69, 9.17) is 0 Å². The van der Waals surface area contributed by atoms with Gasteiger partial charge < -0.3 is 5.11 Å². The average Bonchev–Trinajstić information content (AvgIpc) is 3.08. The average molecular weight is 306 g/mol. The maximum Gasteiger partial charge on any atom is 0.140 e. The quantitative estimate of drug-likeness (QED) is 0.939. The van der Waals surface area contributed by atoms with Crippen LogP contribution in [-0.4, -0.2) is 44.0 Å². The third-order valence-corrected chi connectivity index (χ3v) is 5.42. The van der Waals surface area contributed by atoms with Crippen molar-refractivity contribution in [3.05, 3.63) is 34.0 Å². The Morgan fingerprint density at radius 3 is 3.00 bits per heavy atom.